The maximum atomic E-state index is 11.8. The number of hydrogen-bond acceptors (Lipinski definition) is 4. The average Bonchev–Trinajstić information content (AvgIpc) is 2.88. The van der Waals surface area contributed by atoms with Crippen LogP contribution in [0, 0.1) is 6.92 Å². The molecule has 2 amide bonds. The van der Waals surface area contributed by atoms with Gasteiger partial charge in [0, 0.05) is 19.7 Å². The standard InChI is InChI=1S/C17H24N4O3/c1-12-9-16(21(3)20-12)19-17(23)18-10-15(22)11-24-13(2)14-7-5-4-6-8-14/h4-9,13,15,22H,10-11H2,1-3H3,(H2,18,19,23)/t13-,15+/m1/s1. The molecule has 0 fully saturated rings. The Morgan fingerprint density at radius 2 is 2.08 bits per heavy atom. The predicted octanol–water partition coefficient (Wildman–Crippen LogP) is 1.99. The van der Waals surface area contributed by atoms with Crippen LogP contribution in [0.2, 0.25) is 0 Å². The summed E-state index contributed by atoms with van der Waals surface area (Å²) < 4.78 is 7.21. The van der Waals surface area contributed by atoms with Gasteiger partial charge in [-0.3, -0.25) is 10.00 Å². The first-order valence-corrected chi connectivity index (χ1v) is 7.86. The van der Waals surface area contributed by atoms with Gasteiger partial charge in [0.2, 0.25) is 0 Å². The summed E-state index contributed by atoms with van der Waals surface area (Å²) in [6, 6.07) is 11.1. The van der Waals surface area contributed by atoms with E-state index in [4.69, 9.17) is 4.74 Å². The second-order valence-electron chi connectivity index (χ2n) is 5.67. The number of carbonyl (C=O) groups excluding carboxylic acids is 1. The maximum absolute atomic E-state index is 11.8. The first kappa shape index (κ1) is 18.0. The fourth-order valence-corrected chi connectivity index (χ4v) is 2.23. The molecule has 0 radical (unpaired) electrons. The Labute approximate surface area is 141 Å². The molecule has 0 unspecified atom stereocenters. The molecule has 1 aromatic carbocycles. The summed E-state index contributed by atoms with van der Waals surface area (Å²) in [4.78, 5) is 11.8. The molecule has 0 bridgehead atoms. The molecule has 130 valence electrons. The number of aryl methyl sites for hydroxylation is 2. The Bertz CT molecular complexity index is 657. The van der Waals surface area contributed by atoms with Crippen molar-refractivity contribution in [1.82, 2.24) is 15.1 Å². The van der Waals surface area contributed by atoms with Crippen LogP contribution in [0.15, 0.2) is 36.4 Å². The molecule has 24 heavy (non-hydrogen) atoms. The highest BCUT2D eigenvalue weighted by Gasteiger charge is 2.12. The van der Waals surface area contributed by atoms with Crippen molar-refractivity contribution in [1.29, 1.82) is 0 Å². The molecular formula is C17H24N4O3. The highest BCUT2D eigenvalue weighted by Crippen LogP contribution is 2.15. The Morgan fingerprint density at radius 3 is 2.71 bits per heavy atom. The van der Waals surface area contributed by atoms with E-state index in [0.717, 1.165) is 11.3 Å². The van der Waals surface area contributed by atoms with Crippen molar-refractivity contribution in [2.75, 3.05) is 18.5 Å². The lowest BCUT2D eigenvalue weighted by atomic mass is 10.1. The zero-order chi connectivity index (χ0) is 17.5. The van der Waals surface area contributed by atoms with E-state index in [1.807, 2.05) is 44.2 Å². The second-order valence-corrected chi connectivity index (χ2v) is 5.67. The normalized spacial score (nSPS) is 13.3. The summed E-state index contributed by atoms with van der Waals surface area (Å²) in [7, 11) is 1.75. The van der Waals surface area contributed by atoms with Gasteiger partial charge in [-0.15, -0.1) is 0 Å². The van der Waals surface area contributed by atoms with Crippen molar-refractivity contribution < 1.29 is 14.6 Å². The first-order valence-electron chi connectivity index (χ1n) is 7.86. The Balaban J connectivity index is 1.70. The van der Waals surface area contributed by atoms with Crippen molar-refractivity contribution in [3.05, 3.63) is 47.7 Å². The highest BCUT2D eigenvalue weighted by molar-refractivity contribution is 5.88. The third-order valence-corrected chi connectivity index (χ3v) is 3.55. The number of amides is 2. The van der Waals surface area contributed by atoms with E-state index in [-0.39, 0.29) is 19.3 Å². The van der Waals surface area contributed by atoms with Crippen LogP contribution in [0.4, 0.5) is 10.6 Å². The molecule has 0 saturated carbocycles. The molecule has 0 aliphatic carbocycles. The molecule has 1 aromatic heterocycles. The lowest BCUT2D eigenvalue weighted by Gasteiger charge is -2.17. The summed E-state index contributed by atoms with van der Waals surface area (Å²) in [5.41, 5.74) is 1.86. The molecule has 2 rings (SSSR count). The van der Waals surface area contributed by atoms with E-state index in [2.05, 4.69) is 15.7 Å². The van der Waals surface area contributed by atoms with Crippen molar-refractivity contribution in [3.63, 3.8) is 0 Å². The number of hydrogen-bond donors (Lipinski definition) is 3. The predicted molar refractivity (Wildman–Crippen MR) is 91.8 cm³/mol. The third kappa shape index (κ3) is 5.36. The topological polar surface area (TPSA) is 88.4 Å². The van der Waals surface area contributed by atoms with Gasteiger partial charge in [0.15, 0.2) is 0 Å². The minimum atomic E-state index is -0.782. The number of urea groups is 1. The van der Waals surface area contributed by atoms with Crippen LogP contribution in [0.3, 0.4) is 0 Å². The van der Waals surface area contributed by atoms with Crippen molar-refractivity contribution in [2.24, 2.45) is 7.05 Å². The van der Waals surface area contributed by atoms with E-state index in [9.17, 15) is 9.90 Å². The highest BCUT2D eigenvalue weighted by atomic mass is 16.5. The molecule has 7 nitrogen and oxygen atoms in total. The monoisotopic (exact) mass is 332 g/mol. The van der Waals surface area contributed by atoms with Gasteiger partial charge in [-0.2, -0.15) is 5.10 Å². The van der Waals surface area contributed by atoms with Crippen molar-refractivity contribution >= 4 is 11.8 Å². The van der Waals surface area contributed by atoms with Crippen LogP contribution in [-0.2, 0) is 11.8 Å². The SMILES string of the molecule is Cc1cc(NC(=O)NC[C@H](O)CO[C@H](C)c2ccccc2)n(C)n1. The smallest absolute Gasteiger partial charge is 0.320 e. The quantitative estimate of drug-likeness (QED) is 0.723. The van der Waals surface area contributed by atoms with Gasteiger partial charge in [0.05, 0.1) is 24.5 Å². The minimum absolute atomic E-state index is 0.101. The number of rotatable bonds is 7. The fraction of sp³-hybridized carbons (Fsp3) is 0.412. The number of ether oxygens (including phenoxy) is 1. The summed E-state index contributed by atoms with van der Waals surface area (Å²) in [6.07, 6.45) is -0.901. The second kappa shape index (κ2) is 8.47. The maximum Gasteiger partial charge on any atom is 0.320 e. The summed E-state index contributed by atoms with van der Waals surface area (Å²) in [6.45, 7) is 4.01. The zero-order valence-corrected chi connectivity index (χ0v) is 14.2. The van der Waals surface area contributed by atoms with E-state index >= 15 is 0 Å². The Kier molecular flexibility index (Phi) is 6.34. The van der Waals surface area contributed by atoms with Gasteiger partial charge in [0.1, 0.15) is 5.82 Å². The summed E-state index contributed by atoms with van der Waals surface area (Å²) in [5, 5.41) is 19.4. The number of aliphatic hydroxyl groups excluding tert-OH is 1. The number of nitrogens with one attached hydrogen (secondary N) is 2. The van der Waals surface area contributed by atoms with E-state index in [0.29, 0.717) is 5.82 Å². The molecule has 1 heterocycles. The van der Waals surface area contributed by atoms with Crippen molar-refractivity contribution in [3.8, 4) is 0 Å². The molecule has 0 aliphatic heterocycles. The lowest BCUT2D eigenvalue weighted by Crippen LogP contribution is -2.37. The van der Waals surface area contributed by atoms with E-state index in [1.54, 1.807) is 17.8 Å². The zero-order valence-electron chi connectivity index (χ0n) is 14.2. The number of anilines is 1. The molecule has 3 N–H and O–H groups in total. The molecule has 7 heteroatoms. The van der Waals surface area contributed by atoms with Crippen LogP contribution >= 0.6 is 0 Å². The first-order chi connectivity index (χ1) is 11.5. The third-order valence-electron chi connectivity index (χ3n) is 3.55. The van der Waals surface area contributed by atoms with Gasteiger partial charge >= 0.3 is 6.03 Å². The fourth-order valence-electron chi connectivity index (χ4n) is 2.23. The van der Waals surface area contributed by atoms with Crippen LogP contribution in [0.5, 0.6) is 0 Å². The number of aromatic nitrogens is 2. The van der Waals surface area contributed by atoms with Gasteiger partial charge < -0.3 is 15.2 Å². The molecular weight excluding hydrogens is 308 g/mol. The average molecular weight is 332 g/mol. The van der Waals surface area contributed by atoms with Gasteiger partial charge in [0.25, 0.3) is 0 Å². The Hall–Kier alpha value is -2.38. The van der Waals surface area contributed by atoms with E-state index < -0.39 is 12.1 Å². The minimum Gasteiger partial charge on any atom is -0.389 e. The molecule has 0 spiro atoms. The van der Waals surface area contributed by atoms with Gasteiger partial charge in [-0.05, 0) is 19.4 Å². The lowest BCUT2D eigenvalue weighted by molar-refractivity contribution is -0.000954. The number of benzene rings is 1. The van der Waals surface area contributed by atoms with E-state index in [1.165, 1.54) is 0 Å². The van der Waals surface area contributed by atoms with Crippen LogP contribution in [0.25, 0.3) is 0 Å². The largest absolute Gasteiger partial charge is 0.389 e. The molecule has 0 saturated heterocycles. The van der Waals surface area contributed by atoms with Gasteiger partial charge in [-0.1, -0.05) is 30.3 Å². The van der Waals surface area contributed by atoms with Gasteiger partial charge in [-0.25, -0.2) is 4.79 Å². The number of aliphatic hydroxyl groups is 1. The summed E-state index contributed by atoms with van der Waals surface area (Å²) in [5.74, 6) is 0.591. The number of carbonyl (C=O) groups is 1. The van der Waals surface area contributed by atoms with Crippen molar-refractivity contribution in [2.45, 2.75) is 26.1 Å². The number of nitrogens with zero attached hydrogens (tertiary/aromatic N) is 2. The summed E-state index contributed by atoms with van der Waals surface area (Å²) >= 11 is 0. The van der Waals surface area contributed by atoms with Crippen LogP contribution < -0.4 is 10.6 Å². The Morgan fingerprint density at radius 1 is 1.38 bits per heavy atom. The molecule has 0 aliphatic rings. The molecule has 2 atom stereocenters. The molecule has 2 aromatic rings. The van der Waals surface area contributed by atoms with Crippen LogP contribution in [-0.4, -0.2) is 40.2 Å². The van der Waals surface area contributed by atoms with Crippen LogP contribution in [0.1, 0.15) is 24.3 Å².